The molecule has 0 aromatic rings. The van der Waals surface area contributed by atoms with Gasteiger partial charge in [0.25, 0.3) is 0 Å². The fourth-order valence-corrected chi connectivity index (χ4v) is 1.63. The van der Waals surface area contributed by atoms with Crippen molar-refractivity contribution in [2.45, 2.75) is 56.6 Å². The van der Waals surface area contributed by atoms with E-state index in [0.717, 1.165) is 0 Å². The number of hydrogen-bond donors (Lipinski definition) is 1. The molecular weight excluding hydrogens is 505 g/mol. The molecule has 0 aromatic carbocycles. The van der Waals surface area contributed by atoms with E-state index in [4.69, 9.17) is 0 Å². The van der Waals surface area contributed by atoms with Crippen LogP contribution >= 0.6 is 12.2 Å². The lowest BCUT2D eigenvalue weighted by atomic mass is 9.88. The molecule has 0 rings (SSSR count). The molecule has 190 valence electrons. The predicted octanol–water partition coefficient (Wildman–Crippen LogP) is 5.77. The number of rotatable bonds is 8. The van der Waals surface area contributed by atoms with Crippen molar-refractivity contribution in [2.75, 3.05) is 6.61 Å². The van der Waals surface area contributed by atoms with E-state index < -0.39 is 46.7 Å². The van der Waals surface area contributed by atoms with E-state index in [1.807, 2.05) is 0 Å². The molecule has 2 N–H and O–H groups in total. The van der Waals surface area contributed by atoms with Crippen LogP contribution in [0.25, 0.3) is 0 Å². The molecule has 0 aliphatic heterocycles. The summed E-state index contributed by atoms with van der Waals surface area (Å²) in [7, 11) is 0. The highest BCUT2D eigenvalue weighted by Gasteiger charge is 2.91. The van der Waals surface area contributed by atoms with Crippen molar-refractivity contribution in [3.8, 4) is 0 Å². The zero-order chi connectivity index (χ0) is 26.7. The average molecular weight is 521 g/mol. The van der Waals surface area contributed by atoms with E-state index in [1.54, 1.807) is 13.8 Å². The fourth-order valence-electron chi connectivity index (χ4n) is 1.49. The third-order valence-electron chi connectivity index (χ3n) is 3.55. The Hall–Kier alpha value is -1.81. The largest absolute Gasteiger partial charge is 0.463 e. The summed E-state index contributed by atoms with van der Waals surface area (Å²) < 4.78 is 170. The van der Waals surface area contributed by atoms with Gasteiger partial charge in [-0.3, -0.25) is 0 Å². The van der Waals surface area contributed by atoms with Crippen LogP contribution in [-0.4, -0.2) is 53.4 Å². The molecule has 1 atom stereocenters. The molecule has 0 fully saturated rings. The van der Waals surface area contributed by atoms with Gasteiger partial charge < -0.3 is 10.5 Å². The van der Waals surface area contributed by atoms with Crippen molar-refractivity contribution in [3.63, 3.8) is 0 Å². The van der Waals surface area contributed by atoms with Gasteiger partial charge in [0.05, 0.1) is 17.5 Å². The minimum Gasteiger partial charge on any atom is -0.463 e. The van der Waals surface area contributed by atoms with Crippen molar-refractivity contribution in [1.82, 2.24) is 0 Å². The topological polar surface area (TPSA) is 52.3 Å². The minimum atomic E-state index is -7.92. The smallest absolute Gasteiger partial charge is 0.460 e. The second-order valence-electron chi connectivity index (χ2n) is 6.04. The monoisotopic (exact) mass is 521 g/mol. The third-order valence-corrected chi connectivity index (χ3v) is 3.91. The van der Waals surface area contributed by atoms with Gasteiger partial charge in [-0.15, -0.1) is 0 Å². The molecule has 0 spiro atoms. The van der Waals surface area contributed by atoms with Gasteiger partial charge in [0.15, 0.2) is 0 Å². The number of carbonyl (C=O) groups is 1. The Morgan fingerprint density at radius 2 is 1.22 bits per heavy atom. The molecule has 32 heavy (non-hydrogen) atoms. The van der Waals surface area contributed by atoms with E-state index in [1.165, 1.54) is 0 Å². The van der Waals surface area contributed by atoms with Crippen LogP contribution in [-0.2, 0) is 9.53 Å². The second-order valence-corrected chi connectivity index (χ2v) is 6.51. The maximum absolute atomic E-state index is 13.3. The summed E-state index contributed by atoms with van der Waals surface area (Å²) in [6.45, 7) is 7.17. The predicted molar refractivity (Wildman–Crippen MR) is 88.2 cm³/mol. The first-order valence-electron chi connectivity index (χ1n) is 7.86. The van der Waals surface area contributed by atoms with Gasteiger partial charge in [-0.2, -0.15) is 57.1 Å². The number of carbonyl (C=O) groups excluding carboxylic acids is 1. The number of hydrogen-bond acceptors (Lipinski definition) is 3. The van der Waals surface area contributed by atoms with Gasteiger partial charge in [-0.05, 0) is 13.8 Å². The number of thiocarbonyl (C=S) groups is 1. The molecule has 0 radical (unpaired) electrons. The van der Waals surface area contributed by atoms with Crippen LogP contribution in [0.4, 0.5) is 57.1 Å². The summed E-state index contributed by atoms with van der Waals surface area (Å²) >= 11 is 3.79. The van der Waals surface area contributed by atoms with Crippen molar-refractivity contribution < 1.29 is 66.6 Å². The van der Waals surface area contributed by atoms with Gasteiger partial charge in [0.2, 0.25) is 0 Å². The number of alkyl halides is 13. The van der Waals surface area contributed by atoms with E-state index in [0.29, 0.717) is 12.2 Å². The van der Waals surface area contributed by atoms with Gasteiger partial charge in [-0.1, -0.05) is 25.7 Å². The Morgan fingerprint density at radius 1 is 0.875 bits per heavy atom. The van der Waals surface area contributed by atoms with E-state index >= 15 is 0 Å². The lowest BCUT2D eigenvalue weighted by Gasteiger charge is -2.41. The highest BCUT2D eigenvalue weighted by Crippen LogP contribution is 2.61. The van der Waals surface area contributed by atoms with Crippen LogP contribution in [0.2, 0.25) is 0 Å². The molecular formula is C15H16F13NO2S. The molecule has 0 bridgehead atoms. The molecule has 0 aliphatic carbocycles. The molecule has 0 aliphatic rings. The first kappa shape index (κ1) is 32.4. The second kappa shape index (κ2) is 9.99. The van der Waals surface area contributed by atoms with Crippen LogP contribution in [0.3, 0.4) is 0 Å². The number of ether oxygens (including phenoxy) is 1. The first-order valence-corrected chi connectivity index (χ1v) is 8.27. The normalized spacial score (nSPS) is 14.8. The summed E-state index contributed by atoms with van der Waals surface area (Å²) in [5.41, 5.74) is 4.93. The lowest BCUT2D eigenvalue weighted by Crippen LogP contribution is -2.71. The maximum Gasteiger partial charge on any atom is 0.460 e. The molecule has 0 aromatic heterocycles. The number of halogens is 13. The molecule has 0 heterocycles. The van der Waals surface area contributed by atoms with Gasteiger partial charge in [-0.25, -0.2) is 4.79 Å². The molecule has 17 heteroatoms. The van der Waals surface area contributed by atoms with E-state index in [9.17, 15) is 61.9 Å². The Morgan fingerprint density at radius 3 is 1.44 bits per heavy atom. The molecule has 1 unspecified atom stereocenters. The Kier molecular flexibility index (Phi) is 10.1. The third kappa shape index (κ3) is 5.75. The first-order chi connectivity index (χ1) is 13.8. The molecule has 0 saturated carbocycles. The van der Waals surface area contributed by atoms with Crippen LogP contribution in [0, 0.1) is 5.92 Å². The van der Waals surface area contributed by atoms with Crippen molar-refractivity contribution in [2.24, 2.45) is 11.7 Å². The average Bonchev–Trinajstić information content (AvgIpc) is 2.59. The Balaban J connectivity index is 0. The Labute approximate surface area is 177 Å². The van der Waals surface area contributed by atoms with Gasteiger partial charge in [0.1, 0.15) is 0 Å². The van der Waals surface area contributed by atoms with Crippen molar-refractivity contribution in [1.29, 1.82) is 0 Å². The summed E-state index contributed by atoms with van der Waals surface area (Å²) in [4.78, 5) is 8.83. The summed E-state index contributed by atoms with van der Waals surface area (Å²) in [5.74, 6) is -40.6. The zero-order valence-electron chi connectivity index (χ0n) is 16.2. The fraction of sp³-hybridized carbons (Fsp3) is 0.733. The minimum absolute atomic E-state index is 0.0353. The van der Waals surface area contributed by atoms with Crippen LogP contribution in [0.15, 0.2) is 12.2 Å². The standard InChI is InChI=1S/C9H6F13NS.C6H10O2/c1-2(3(23)24)4(10,11)5(12,13)6(14,15)7(16,17)8(18,19)9(20,21)22;1-4-8-6(7)5(2)3/h2H,1H3,(H2,23,24);2,4H2,1,3H3. The van der Waals surface area contributed by atoms with Crippen molar-refractivity contribution >= 4 is 23.2 Å². The SMILES string of the molecule is C=C(C)C(=O)OCC.CC(C(N)=S)C(F)(F)C(F)(F)C(F)(F)C(F)(F)C(F)(F)C(F)(F)F. The number of nitrogens with two attached hydrogens (primary N) is 1. The highest BCUT2D eigenvalue weighted by atomic mass is 32.1. The van der Waals surface area contributed by atoms with Gasteiger partial charge >= 0.3 is 41.8 Å². The lowest BCUT2D eigenvalue weighted by molar-refractivity contribution is -0.441. The zero-order valence-corrected chi connectivity index (χ0v) is 17.0. The number of esters is 1. The van der Waals surface area contributed by atoms with Crippen LogP contribution in [0.1, 0.15) is 20.8 Å². The Bertz CT molecular complexity index is 704. The summed E-state index contributed by atoms with van der Waals surface area (Å²) in [6, 6.07) is 0. The highest BCUT2D eigenvalue weighted by molar-refractivity contribution is 7.80. The summed E-state index contributed by atoms with van der Waals surface area (Å²) in [5, 5.41) is 0. The van der Waals surface area contributed by atoms with Crippen LogP contribution in [0.5, 0.6) is 0 Å². The van der Waals surface area contributed by atoms with Crippen LogP contribution < -0.4 is 5.73 Å². The van der Waals surface area contributed by atoms with Gasteiger partial charge in [0, 0.05) is 5.57 Å². The van der Waals surface area contributed by atoms with E-state index in [2.05, 4.69) is 29.3 Å². The van der Waals surface area contributed by atoms with Crippen molar-refractivity contribution in [3.05, 3.63) is 12.2 Å². The van der Waals surface area contributed by atoms with E-state index in [-0.39, 0.29) is 12.9 Å². The quantitative estimate of drug-likeness (QED) is 0.191. The molecule has 0 amide bonds. The molecule has 0 saturated heterocycles. The summed E-state index contributed by atoms with van der Waals surface area (Å²) in [6.07, 6.45) is -7.43. The molecule has 3 nitrogen and oxygen atoms in total. The maximum atomic E-state index is 13.3.